The van der Waals surface area contributed by atoms with Crippen LogP contribution >= 0.6 is 0 Å². The number of rotatable bonds is 7. The molecule has 2 aromatic carbocycles. The van der Waals surface area contributed by atoms with E-state index in [4.69, 9.17) is 15.2 Å². The fraction of sp³-hybridized carbons (Fsp3) is 0.346. The number of benzene rings is 2. The van der Waals surface area contributed by atoms with Gasteiger partial charge in [0, 0.05) is 35.9 Å². The van der Waals surface area contributed by atoms with Crippen LogP contribution in [-0.2, 0) is 11.3 Å². The summed E-state index contributed by atoms with van der Waals surface area (Å²) in [5.74, 6) is 5.60. The standard InChI is InChI=1S/C26H27F3N4O3/c1-35-24-14-17(25(30)34)7-8-22(24)31-11-3-4-19-15-20-21(32-18-9-12-36-13-10-18)5-2-6-23(20)33(19)16-26(27,28)29/h2,5-8,14-15,18,31-32H,9-13,16H2,1H3,(H2,30,34). The van der Waals surface area contributed by atoms with Crippen LogP contribution in [-0.4, -0.2) is 49.6 Å². The molecular weight excluding hydrogens is 473 g/mol. The molecule has 1 saturated heterocycles. The molecule has 1 fully saturated rings. The van der Waals surface area contributed by atoms with Gasteiger partial charge >= 0.3 is 6.18 Å². The number of alkyl halides is 3. The first-order valence-corrected chi connectivity index (χ1v) is 11.5. The topological polar surface area (TPSA) is 90.5 Å². The van der Waals surface area contributed by atoms with Crippen molar-refractivity contribution in [2.24, 2.45) is 5.73 Å². The molecule has 36 heavy (non-hydrogen) atoms. The average Bonchev–Trinajstić information content (AvgIpc) is 3.19. The molecule has 1 amide bonds. The molecule has 0 spiro atoms. The molecule has 0 aliphatic carbocycles. The molecule has 2 heterocycles. The minimum Gasteiger partial charge on any atom is -0.495 e. The van der Waals surface area contributed by atoms with Crippen LogP contribution in [0.5, 0.6) is 5.75 Å². The number of halogens is 3. The summed E-state index contributed by atoms with van der Waals surface area (Å²) in [7, 11) is 1.46. The van der Waals surface area contributed by atoms with Crippen LogP contribution in [0.25, 0.3) is 10.9 Å². The summed E-state index contributed by atoms with van der Waals surface area (Å²) in [4.78, 5) is 11.4. The Morgan fingerprint density at radius 2 is 1.97 bits per heavy atom. The molecule has 1 aromatic heterocycles. The van der Waals surface area contributed by atoms with E-state index in [1.807, 2.05) is 6.07 Å². The van der Waals surface area contributed by atoms with Crippen LogP contribution in [0, 0.1) is 11.8 Å². The van der Waals surface area contributed by atoms with Gasteiger partial charge in [-0.2, -0.15) is 13.2 Å². The zero-order chi connectivity index (χ0) is 25.7. The van der Waals surface area contributed by atoms with Crippen LogP contribution in [0.4, 0.5) is 24.5 Å². The largest absolute Gasteiger partial charge is 0.495 e. The Bertz CT molecular complexity index is 1300. The highest BCUT2D eigenvalue weighted by Crippen LogP contribution is 2.31. The van der Waals surface area contributed by atoms with Crippen molar-refractivity contribution in [2.45, 2.75) is 31.6 Å². The normalized spacial score (nSPS) is 14.2. The van der Waals surface area contributed by atoms with Gasteiger partial charge in [0.15, 0.2) is 0 Å². The van der Waals surface area contributed by atoms with Crippen LogP contribution in [0.15, 0.2) is 42.5 Å². The molecule has 0 radical (unpaired) electrons. The zero-order valence-electron chi connectivity index (χ0n) is 19.7. The lowest BCUT2D eigenvalue weighted by Gasteiger charge is -2.24. The van der Waals surface area contributed by atoms with Gasteiger partial charge in [-0.3, -0.25) is 4.79 Å². The van der Waals surface area contributed by atoms with E-state index in [1.165, 1.54) is 17.7 Å². The monoisotopic (exact) mass is 500 g/mol. The summed E-state index contributed by atoms with van der Waals surface area (Å²) in [5.41, 5.74) is 7.68. The quantitative estimate of drug-likeness (QED) is 0.420. The molecule has 0 saturated carbocycles. The lowest BCUT2D eigenvalue weighted by Crippen LogP contribution is -2.27. The summed E-state index contributed by atoms with van der Waals surface area (Å²) in [6.07, 6.45) is -2.73. The Morgan fingerprint density at radius 1 is 1.19 bits per heavy atom. The number of hydrogen-bond acceptors (Lipinski definition) is 5. The van der Waals surface area contributed by atoms with Gasteiger partial charge in [-0.25, -0.2) is 0 Å². The number of nitrogens with two attached hydrogens (primary N) is 1. The van der Waals surface area contributed by atoms with E-state index in [9.17, 15) is 18.0 Å². The van der Waals surface area contributed by atoms with E-state index in [0.717, 1.165) is 18.5 Å². The second-order valence-corrected chi connectivity index (χ2v) is 8.43. The molecule has 1 aliphatic rings. The number of methoxy groups -OCH3 is 1. The molecule has 0 bridgehead atoms. The van der Waals surface area contributed by atoms with Crippen LogP contribution < -0.4 is 21.1 Å². The van der Waals surface area contributed by atoms with Gasteiger partial charge in [-0.1, -0.05) is 12.0 Å². The minimum absolute atomic E-state index is 0.146. The predicted molar refractivity (Wildman–Crippen MR) is 132 cm³/mol. The van der Waals surface area contributed by atoms with Crippen molar-refractivity contribution in [3.8, 4) is 17.6 Å². The third-order valence-electron chi connectivity index (χ3n) is 5.93. The number of primary amides is 1. The highest BCUT2D eigenvalue weighted by molar-refractivity contribution is 5.94. The van der Waals surface area contributed by atoms with Gasteiger partial charge in [-0.15, -0.1) is 0 Å². The first-order chi connectivity index (χ1) is 17.2. The van der Waals surface area contributed by atoms with Crippen molar-refractivity contribution in [2.75, 3.05) is 37.5 Å². The summed E-state index contributed by atoms with van der Waals surface area (Å²) in [5, 5.41) is 7.21. The molecule has 190 valence electrons. The Balaban J connectivity index is 1.59. The number of amides is 1. The SMILES string of the molecule is COc1cc(C(N)=O)ccc1NCC#Cc1cc2c(NC3CCOCC3)cccc2n1CC(F)(F)F. The fourth-order valence-electron chi connectivity index (χ4n) is 4.19. The van der Waals surface area contributed by atoms with Crippen LogP contribution in [0.3, 0.4) is 0 Å². The summed E-state index contributed by atoms with van der Waals surface area (Å²) < 4.78 is 52.1. The summed E-state index contributed by atoms with van der Waals surface area (Å²) >= 11 is 0. The lowest BCUT2D eigenvalue weighted by molar-refractivity contribution is -0.140. The third kappa shape index (κ3) is 6.04. The average molecular weight is 501 g/mol. The number of nitrogens with one attached hydrogen (secondary N) is 2. The second kappa shape index (κ2) is 10.8. The van der Waals surface area contributed by atoms with Crippen LogP contribution in [0.2, 0.25) is 0 Å². The van der Waals surface area contributed by atoms with Crippen molar-refractivity contribution in [3.05, 3.63) is 53.7 Å². The van der Waals surface area contributed by atoms with E-state index in [0.29, 0.717) is 41.1 Å². The van der Waals surface area contributed by atoms with E-state index >= 15 is 0 Å². The van der Waals surface area contributed by atoms with Crippen molar-refractivity contribution >= 4 is 28.2 Å². The number of nitrogens with zero attached hydrogens (tertiary/aromatic N) is 1. The Labute approximate surface area is 206 Å². The molecule has 3 aromatic rings. The van der Waals surface area contributed by atoms with Crippen LogP contribution in [0.1, 0.15) is 28.9 Å². The van der Waals surface area contributed by atoms with Crippen molar-refractivity contribution in [3.63, 3.8) is 0 Å². The Kier molecular flexibility index (Phi) is 7.60. The summed E-state index contributed by atoms with van der Waals surface area (Å²) in [6.45, 7) is 0.315. The van der Waals surface area contributed by atoms with E-state index in [2.05, 4.69) is 22.5 Å². The number of anilines is 2. The molecular formula is C26H27F3N4O3. The number of fused-ring (bicyclic) bond motifs is 1. The maximum atomic E-state index is 13.4. The molecule has 0 atom stereocenters. The highest BCUT2D eigenvalue weighted by atomic mass is 19.4. The van der Waals surface area contributed by atoms with Gasteiger partial charge < -0.3 is 30.4 Å². The van der Waals surface area contributed by atoms with E-state index in [-0.39, 0.29) is 18.3 Å². The Morgan fingerprint density at radius 3 is 2.67 bits per heavy atom. The van der Waals surface area contributed by atoms with Crippen molar-refractivity contribution in [1.29, 1.82) is 0 Å². The van der Waals surface area contributed by atoms with Gasteiger partial charge in [0.25, 0.3) is 0 Å². The Hall–Kier alpha value is -3.84. The van der Waals surface area contributed by atoms with Gasteiger partial charge in [-0.05, 0) is 55.2 Å². The third-order valence-corrected chi connectivity index (χ3v) is 5.93. The molecule has 7 nitrogen and oxygen atoms in total. The predicted octanol–water partition coefficient (Wildman–Crippen LogP) is 4.37. The molecule has 0 unspecified atom stereocenters. The van der Waals surface area contributed by atoms with Crippen molar-refractivity contribution in [1.82, 2.24) is 4.57 Å². The van der Waals surface area contributed by atoms with Gasteiger partial charge in [0.1, 0.15) is 12.3 Å². The summed E-state index contributed by atoms with van der Waals surface area (Å²) in [6, 6.07) is 11.9. The van der Waals surface area contributed by atoms with Gasteiger partial charge in [0.2, 0.25) is 5.91 Å². The maximum Gasteiger partial charge on any atom is 0.406 e. The van der Waals surface area contributed by atoms with E-state index < -0.39 is 18.6 Å². The van der Waals surface area contributed by atoms with E-state index in [1.54, 1.807) is 30.3 Å². The first-order valence-electron chi connectivity index (χ1n) is 11.5. The molecule has 10 heteroatoms. The fourth-order valence-corrected chi connectivity index (χ4v) is 4.19. The molecule has 4 N–H and O–H groups in total. The maximum absolute atomic E-state index is 13.4. The zero-order valence-corrected chi connectivity index (χ0v) is 19.7. The van der Waals surface area contributed by atoms with Crippen molar-refractivity contribution < 1.29 is 27.4 Å². The highest BCUT2D eigenvalue weighted by Gasteiger charge is 2.30. The van der Waals surface area contributed by atoms with Gasteiger partial charge in [0.05, 0.1) is 30.6 Å². The first kappa shape index (κ1) is 25.3. The second-order valence-electron chi connectivity index (χ2n) is 8.43. The molecule has 1 aliphatic heterocycles. The number of hydrogen-bond donors (Lipinski definition) is 3. The number of ether oxygens (including phenoxy) is 2. The number of aromatic nitrogens is 1. The molecule has 4 rings (SSSR count). The minimum atomic E-state index is -4.40. The number of carbonyl (C=O) groups excluding carboxylic acids is 1. The smallest absolute Gasteiger partial charge is 0.406 e. The number of carbonyl (C=O) groups is 1. The lowest BCUT2D eigenvalue weighted by atomic mass is 10.1.